The highest BCUT2D eigenvalue weighted by molar-refractivity contribution is 7.89. The van der Waals surface area contributed by atoms with Gasteiger partial charge in [0.25, 0.3) is 0 Å². The fraction of sp³-hybridized carbons (Fsp3) is 0.208. The van der Waals surface area contributed by atoms with Crippen molar-refractivity contribution < 1.29 is 13.2 Å². The lowest BCUT2D eigenvalue weighted by Gasteiger charge is -2.17. The lowest BCUT2D eigenvalue weighted by molar-refractivity contribution is -0.121. The molecule has 0 saturated heterocycles. The van der Waals surface area contributed by atoms with Crippen molar-refractivity contribution in [2.24, 2.45) is 5.73 Å². The molecule has 0 aromatic heterocycles. The molecule has 31 heavy (non-hydrogen) atoms. The fourth-order valence-corrected chi connectivity index (χ4v) is 4.42. The number of aryl methyl sites for hydroxylation is 1. The number of rotatable bonds is 8. The maximum Gasteiger partial charge on any atom is 0.243 e. The summed E-state index contributed by atoms with van der Waals surface area (Å²) in [5.41, 5.74) is 10.6. The molecular weight excluding hydrogens is 410 g/mol. The van der Waals surface area contributed by atoms with Crippen LogP contribution in [0.3, 0.4) is 0 Å². The Bertz CT molecular complexity index is 1160. The number of carbonyl (C=O) groups excluding carboxylic acids is 1. The van der Waals surface area contributed by atoms with E-state index in [9.17, 15) is 13.2 Å². The van der Waals surface area contributed by atoms with Gasteiger partial charge in [0.15, 0.2) is 0 Å². The summed E-state index contributed by atoms with van der Waals surface area (Å²) in [5, 5.41) is 2.76. The molecule has 0 unspecified atom stereocenters. The van der Waals surface area contributed by atoms with Gasteiger partial charge in [0.05, 0.1) is 11.4 Å². The van der Waals surface area contributed by atoms with Gasteiger partial charge < -0.3 is 11.1 Å². The second kappa shape index (κ2) is 9.87. The second-order valence-electron chi connectivity index (χ2n) is 7.40. The molecule has 0 saturated carbocycles. The predicted molar refractivity (Wildman–Crippen MR) is 123 cm³/mol. The number of sulfonamides is 1. The Kier molecular flexibility index (Phi) is 7.22. The third-order valence-electron chi connectivity index (χ3n) is 5.10. The number of nitrogens with two attached hydrogens (primary N) is 1. The Morgan fingerprint density at radius 2 is 1.65 bits per heavy atom. The van der Waals surface area contributed by atoms with Crippen LogP contribution in [0.5, 0.6) is 0 Å². The zero-order chi connectivity index (χ0) is 22.4. The molecule has 0 aliphatic heterocycles. The van der Waals surface area contributed by atoms with E-state index < -0.39 is 10.0 Å². The molecule has 0 heterocycles. The molecule has 7 heteroatoms. The van der Waals surface area contributed by atoms with E-state index in [1.54, 1.807) is 24.3 Å². The average Bonchev–Trinajstić information content (AvgIpc) is 2.78. The monoisotopic (exact) mass is 437 g/mol. The summed E-state index contributed by atoms with van der Waals surface area (Å²) in [4.78, 5) is 12.4. The molecule has 162 valence electrons. The van der Waals surface area contributed by atoms with E-state index >= 15 is 0 Å². The second-order valence-corrected chi connectivity index (χ2v) is 9.45. The van der Waals surface area contributed by atoms with Gasteiger partial charge in [0, 0.05) is 20.1 Å². The molecule has 3 aromatic carbocycles. The fourth-order valence-electron chi connectivity index (χ4n) is 3.29. The van der Waals surface area contributed by atoms with E-state index in [1.165, 1.54) is 7.05 Å². The van der Waals surface area contributed by atoms with E-state index in [2.05, 4.69) is 5.32 Å². The van der Waals surface area contributed by atoms with Crippen molar-refractivity contribution >= 4 is 15.9 Å². The van der Waals surface area contributed by atoms with E-state index in [-0.39, 0.29) is 17.3 Å². The molecule has 1 amide bonds. The number of likely N-dealkylation sites (N-methyl/N-ethyl adjacent to an activating group) is 1. The van der Waals surface area contributed by atoms with Crippen molar-refractivity contribution in [2.75, 3.05) is 13.6 Å². The molecule has 3 N–H and O–H groups in total. The SMILES string of the molecule is Cc1ccccc1-c1ccc(S(=O)(=O)N(C)CC(=O)NCc2cccc(CN)c2)cc1. The Morgan fingerprint density at radius 3 is 2.32 bits per heavy atom. The summed E-state index contributed by atoms with van der Waals surface area (Å²) in [7, 11) is -2.38. The summed E-state index contributed by atoms with van der Waals surface area (Å²) >= 11 is 0. The van der Waals surface area contributed by atoms with Crippen LogP contribution in [-0.4, -0.2) is 32.2 Å². The first kappa shape index (κ1) is 22.7. The highest BCUT2D eigenvalue weighted by Gasteiger charge is 2.23. The van der Waals surface area contributed by atoms with Crippen molar-refractivity contribution in [2.45, 2.75) is 24.9 Å². The Morgan fingerprint density at radius 1 is 0.968 bits per heavy atom. The molecule has 0 aliphatic rings. The van der Waals surface area contributed by atoms with Gasteiger partial charge in [-0.15, -0.1) is 0 Å². The number of amides is 1. The number of hydrogen-bond donors (Lipinski definition) is 2. The minimum absolute atomic E-state index is 0.149. The normalized spacial score (nSPS) is 11.5. The van der Waals surface area contributed by atoms with Crippen LogP contribution in [0.25, 0.3) is 11.1 Å². The maximum atomic E-state index is 12.9. The van der Waals surface area contributed by atoms with E-state index in [1.807, 2.05) is 55.5 Å². The molecule has 0 bridgehead atoms. The largest absolute Gasteiger partial charge is 0.351 e. The minimum Gasteiger partial charge on any atom is -0.351 e. The van der Waals surface area contributed by atoms with Gasteiger partial charge >= 0.3 is 0 Å². The van der Waals surface area contributed by atoms with Crippen LogP contribution < -0.4 is 11.1 Å². The van der Waals surface area contributed by atoms with Crippen LogP contribution in [0, 0.1) is 6.92 Å². The molecule has 0 atom stereocenters. The van der Waals surface area contributed by atoms with Crippen molar-refractivity contribution in [1.29, 1.82) is 0 Å². The molecule has 6 nitrogen and oxygen atoms in total. The number of hydrogen-bond acceptors (Lipinski definition) is 4. The minimum atomic E-state index is -3.78. The van der Waals surface area contributed by atoms with Gasteiger partial charge in [0.2, 0.25) is 15.9 Å². The number of nitrogens with zero attached hydrogens (tertiary/aromatic N) is 1. The van der Waals surface area contributed by atoms with Crippen molar-refractivity contribution in [3.8, 4) is 11.1 Å². The first-order valence-corrected chi connectivity index (χ1v) is 11.4. The zero-order valence-electron chi connectivity index (χ0n) is 17.7. The molecule has 0 spiro atoms. The lowest BCUT2D eigenvalue weighted by Crippen LogP contribution is -2.38. The summed E-state index contributed by atoms with van der Waals surface area (Å²) in [5.74, 6) is -0.374. The highest BCUT2D eigenvalue weighted by atomic mass is 32.2. The van der Waals surface area contributed by atoms with E-state index in [4.69, 9.17) is 5.73 Å². The van der Waals surface area contributed by atoms with Gasteiger partial charge in [-0.25, -0.2) is 8.42 Å². The molecule has 0 aliphatic carbocycles. The smallest absolute Gasteiger partial charge is 0.243 e. The van der Waals surface area contributed by atoms with Crippen LogP contribution in [0.2, 0.25) is 0 Å². The summed E-state index contributed by atoms with van der Waals surface area (Å²) in [6.07, 6.45) is 0. The third kappa shape index (κ3) is 5.58. The molecule has 3 rings (SSSR count). The Balaban J connectivity index is 1.64. The average molecular weight is 438 g/mol. The highest BCUT2D eigenvalue weighted by Crippen LogP contribution is 2.25. The zero-order valence-corrected chi connectivity index (χ0v) is 18.5. The lowest BCUT2D eigenvalue weighted by atomic mass is 10.0. The molecule has 0 radical (unpaired) electrons. The van der Waals surface area contributed by atoms with Crippen LogP contribution >= 0.6 is 0 Å². The quantitative estimate of drug-likeness (QED) is 0.567. The van der Waals surface area contributed by atoms with E-state index in [0.29, 0.717) is 13.1 Å². The summed E-state index contributed by atoms with van der Waals surface area (Å²) in [6, 6.07) is 22.2. The van der Waals surface area contributed by atoms with Crippen LogP contribution in [0.4, 0.5) is 0 Å². The van der Waals surface area contributed by atoms with Crippen LogP contribution in [0.1, 0.15) is 16.7 Å². The van der Waals surface area contributed by atoms with Gasteiger partial charge in [-0.05, 0) is 46.9 Å². The van der Waals surface area contributed by atoms with Crippen LogP contribution in [-0.2, 0) is 27.9 Å². The molecular formula is C24H27N3O3S. The predicted octanol–water partition coefficient (Wildman–Crippen LogP) is 3.06. The van der Waals surface area contributed by atoms with Crippen molar-refractivity contribution in [3.63, 3.8) is 0 Å². The van der Waals surface area contributed by atoms with Gasteiger partial charge in [-0.1, -0.05) is 60.7 Å². The van der Waals surface area contributed by atoms with Gasteiger partial charge in [-0.3, -0.25) is 4.79 Å². The molecule has 0 fully saturated rings. The Hall–Kier alpha value is -3.00. The first-order chi connectivity index (χ1) is 14.8. The van der Waals surface area contributed by atoms with E-state index in [0.717, 1.165) is 32.1 Å². The molecule has 3 aromatic rings. The van der Waals surface area contributed by atoms with Crippen molar-refractivity contribution in [3.05, 3.63) is 89.5 Å². The Labute approximate surface area is 183 Å². The van der Waals surface area contributed by atoms with Crippen molar-refractivity contribution in [1.82, 2.24) is 9.62 Å². The summed E-state index contributed by atoms with van der Waals surface area (Å²) in [6.45, 7) is 2.48. The summed E-state index contributed by atoms with van der Waals surface area (Å²) < 4.78 is 26.8. The van der Waals surface area contributed by atoms with Crippen LogP contribution in [0.15, 0.2) is 77.7 Å². The first-order valence-electron chi connectivity index (χ1n) is 9.98. The third-order valence-corrected chi connectivity index (χ3v) is 6.92. The van der Waals surface area contributed by atoms with Gasteiger partial charge in [0.1, 0.15) is 0 Å². The number of carbonyl (C=O) groups is 1. The maximum absolute atomic E-state index is 12.9. The standard InChI is InChI=1S/C24H27N3O3S/c1-18-6-3-4-9-23(18)21-10-12-22(13-11-21)31(29,30)27(2)17-24(28)26-16-20-8-5-7-19(14-20)15-25/h3-14H,15-17,25H2,1-2H3,(H,26,28). The van der Waals surface area contributed by atoms with Gasteiger partial charge in [-0.2, -0.15) is 4.31 Å². The number of nitrogens with one attached hydrogen (secondary N) is 1. The topological polar surface area (TPSA) is 92.5 Å². The number of benzene rings is 3.